The largest absolute Gasteiger partial charge is 0.417 e. The lowest BCUT2D eigenvalue weighted by Crippen LogP contribution is -2.56. The lowest BCUT2D eigenvalue weighted by Gasteiger charge is -2.40. The summed E-state index contributed by atoms with van der Waals surface area (Å²) in [4.78, 5) is 40.2. The third kappa shape index (κ3) is 9.84. The molecule has 48 heavy (non-hydrogen) atoms. The fraction of sp³-hybridized carbons (Fsp3) is 0.441. The third-order valence-electron chi connectivity index (χ3n) is 7.90. The average molecular weight is 690 g/mol. The van der Waals surface area contributed by atoms with E-state index in [2.05, 4.69) is 21.3 Å². The molecule has 1 saturated heterocycles. The van der Waals surface area contributed by atoms with Crippen LogP contribution in [0.3, 0.4) is 0 Å². The smallest absolute Gasteiger partial charge is 0.395 e. The maximum absolute atomic E-state index is 14.0. The predicted molar refractivity (Wildman–Crippen MR) is 179 cm³/mol. The van der Waals surface area contributed by atoms with Crippen LogP contribution in [0.5, 0.6) is 0 Å². The van der Waals surface area contributed by atoms with Crippen LogP contribution in [0.1, 0.15) is 38.3 Å². The first-order chi connectivity index (χ1) is 22.7. The number of thioether (sulfide) groups is 1. The highest BCUT2D eigenvalue weighted by molar-refractivity contribution is 8.03. The molecule has 2 aliphatic heterocycles. The number of urea groups is 1. The van der Waals surface area contributed by atoms with Crippen molar-refractivity contribution in [2.75, 3.05) is 25.4 Å². The van der Waals surface area contributed by atoms with Crippen molar-refractivity contribution in [3.05, 3.63) is 82.4 Å². The Morgan fingerprint density at radius 1 is 1.08 bits per heavy atom. The third-order valence-corrected chi connectivity index (χ3v) is 9.15. The number of carbonyl (C=O) groups excluding carboxylic acids is 3. The Hall–Kier alpha value is -3.85. The first kappa shape index (κ1) is 37.0. The van der Waals surface area contributed by atoms with Crippen molar-refractivity contribution in [1.29, 1.82) is 0 Å². The maximum atomic E-state index is 14.0. The minimum atomic E-state index is -4.65. The molecular formula is C34H42F3N5O5S. The predicted octanol–water partition coefficient (Wildman–Crippen LogP) is 3.60. The number of halogens is 3. The molecule has 2 aromatic carbocycles. The fourth-order valence-corrected chi connectivity index (χ4v) is 6.86. The quantitative estimate of drug-likeness (QED) is 0.188. The van der Waals surface area contributed by atoms with E-state index in [0.717, 1.165) is 40.1 Å². The second-order valence-electron chi connectivity index (χ2n) is 12.5. The van der Waals surface area contributed by atoms with Crippen LogP contribution < -0.4 is 21.3 Å². The minimum absolute atomic E-state index is 0.00139. The molecule has 1 unspecified atom stereocenters. The molecule has 4 rings (SSSR count). The van der Waals surface area contributed by atoms with Gasteiger partial charge in [-0.3, -0.25) is 9.59 Å². The number of aliphatic hydroxyl groups excluding tert-OH is 2. The first-order valence-corrected chi connectivity index (χ1v) is 16.6. The molecule has 0 bridgehead atoms. The van der Waals surface area contributed by atoms with E-state index < -0.39 is 53.2 Å². The van der Waals surface area contributed by atoms with E-state index in [0.29, 0.717) is 0 Å². The number of allylic oxidation sites excluding steroid dienone is 2. The summed E-state index contributed by atoms with van der Waals surface area (Å²) >= 11 is 0.930. The Balaban J connectivity index is 1.49. The van der Waals surface area contributed by atoms with Crippen molar-refractivity contribution >= 4 is 29.5 Å². The monoisotopic (exact) mass is 689 g/mol. The number of ketones is 1. The summed E-state index contributed by atoms with van der Waals surface area (Å²) in [6.45, 7) is 5.83. The van der Waals surface area contributed by atoms with Gasteiger partial charge in [0, 0.05) is 55.0 Å². The summed E-state index contributed by atoms with van der Waals surface area (Å²) in [6.07, 6.45) is -2.98. The number of nitrogens with zero attached hydrogens (tertiary/aromatic N) is 1. The Labute approximate surface area is 282 Å². The van der Waals surface area contributed by atoms with Gasteiger partial charge in [-0.05, 0) is 49.1 Å². The number of hydrogen-bond donors (Lipinski definition) is 6. The van der Waals surface area contributed by atoms with Crippen molar-refractivity contribution < 1.29 is 37.8 Å². The Bertz CT molecular complexity index is 1530. The Morgan fingerprint density at radius 3 is 2.46 bits per heavy atom. The Kier molecular flexibility index (Phi) is 12.4. The summed E-state index contributed by atoms with van der Waals surface area (Å²) in [5, 5.41) is 29.6. The zero-order valence-corrected chi connectivity index (χ0v) is 27.9. The number of hydrogen-bond acceptors (Lipinski definition) is 8. The molecule has 6 N–H and O–H groups in total. The number of Topliss-reactive ketones (excluding diaryl/α,β-unsaturated/α-hetero) is 1. The standard InChI is InChI=1S/C34H42F3N5O5S/c1-21(44)17-40-33(2,3)16-28(45)41-27-20-48-31-26(34(35,36)37)12-14-42(29(31)30(27)46)19-22-8-10-23(11-9-22)25-7-5-4-6-24(25)18-39-32(47)38-13-15-43/h4-12,14,21,27,29,40,43-44H,13,15-20H2,1-3H3,(H,41,45)(H2,38,39,47)/t21-,27-,29?/m1/s1. The van der Waals surface area contributed by atoms with E-state index in [4.69, 9.17) is 5.11 Å². The number of nitrogens with one attached hydrogen (secondary N) is 4. The highest BCUT2D eigenvalue weighted by Gasteiger charge is 2.47. The number of rotatable bonds is 13. The van der Waals surface area contributed by atoms with Gasteiger partial charge in [0.2, 0.25) is 5.91 Å². The van der Waals surface area contributed by atoms with E-state index in [9.17, 15) is 32.7 Å². The Morgan fingerprint density at radius 2 is 1.79 bits per heavy atom. The van der Waals surface area contributed by atoms with E-state index >= 15 is 0 Å². The van der Waals surface area contributed by atoms with Gasteiger partial charge in [0.15, 0.2) is 5.78 Å². The topological polar surface area (TPSA) is 143 Å². The van der Waals surface area contributed by atoms with Gasteiger partial charge in [-0.25, -0.2) is 4.79 Å². The van der Waals surface area contributed by atoms with Gasteiger partial charge >= 0.3 is 12.2 Å². The van der Waals surface area contributed by atoms with Crippen molar-refractivity contribution in [3.8, 4) is 11.1 Å². The molecule has 0 spiro atoms. The van der Waals surface area contributed by atoms with E-state index in [1.807, 2.05) is 48.5 Å². The highest BCUT2D eigenvalue weighted by atomic mass is 32.2. The number of β-amino-alcohol motifs (C(OH)–C–C–N with tert-alkyl or cyclic N) is 1. The molecule has 14 heteroatoms. The normalized spacial score (nSPS) is 18.8. The van der Waals surface area contributed by atoms with Gasteiger partial charge in [0.05, 0.1) is 24.3 Å². The maximum Gasteiger partial charge on any atom is 0.417 e. The van der Waals surface area contributed by atoms with Crippen molar-refractivity contribution in [2.45, 2.75) is 70.2 Å². The number of amides is 3. The molecule has 0 aliphatic carbocycles. The van der Waals surface area contributed by atoms with Crippen molar-refractivity contribution in [3.63, 3.8) is 0 Å². The molecule has 0 saturated carbocycles. The van der Waals surface area contributed by atoms with Crippen molar-refractivity contribution in [2.24, 2.45) is 0 Å². The second kappa shape index (κ2) is 16.0. The average Bonchev–Trinajstić information content (AvgIpc) is 3.03. The second-order valence-corrected chi connectivity index (χ2v) is 13.5. The molecule has 2 aromatic rings. The molecule has 2 aliphatic rings. The van der Waals surface area contributed by atoms with Gasteiger partial charge in [-0.1, -0.05) is 48.5 Å². The highest BCUT2D eigenvalue weighted by Crippen LogP contribution is 2.43. The summed E-state index contributed by atoms with van der Waals surface area (Å²) in [5.74, 6) is -0.958. The SMILES string of the molecule is C[C@@H](O)CNC(C)(C)CC(=O)N[C@@H]1CSC2=C(C(F)(F)F)C=CN(Cc3ccc(-c4ccccc4CNC(=O)NCCO)cc3)C2C1=O. The van der Waals surface area contributed by atoms with Gasteiger partial charge in [0.1, 0.15) is 6.04 Å². The summed E-state index contributed by atoms with van der Waals surface area (Å²) in [6, 6.07) is 12.3. The lowest BCUT2D eigenvalue weighted by atomic mass is 9.95. The first-order valence-electron chi connectivity index (χ1n) is 15.6. The molecule has 2 heterocycles. The summed E-state index contributed by atoms with van der Waals surface area (Å²) in [7, 11) is 0. The van der Waals surface area contributed by atoms with Gasteiger partial charge in [0.25, 0.3) is 0 Å². The number of carbonyl (C=O) groups is 3. The fourth-order valence-electron chi connectivity index (χ4n) is 5.52. The van der Waals surface area contributed by atoms with Crippen LogP contribution in [0.25, 0.3) is 11.1 Å². The number of aliphatic hydroxyl groups is 2. The molecule has 0 radical (unpaired) electrons. The molecule has 10 nitrogen and oxygen atoms in total. The van der Waals surface area contributed by atoms with E-state index in [1.165, 1.54) is 6.20 Å². The molecule has 260 valence electrons. The van der Waals surface area contributed by atoms with Gasteiger partial charge in [-0.2, -0.15) is 13.2 Å². The van der Waals surface area contributed by atoms with Gasteiger partial charge in [-0.15, -0.1) is 11.8 Å². The van der Waals surface area contributed by atoms with E-state index in [1.54, 1.807) is 25.7 Å². The van der Waals surface area contributed by atoms with Crippen LogP contribution in [0.4, 0.5) is 18.0 Å². The molecule has 1 fully saturated rings. The number of benzene rings is 2. The van der Waals surface area contributed by atoms with Crippen LogP contribution in [0.15, 0.2) is 71.3 Å². The summed E-state index contributed by atoms with van der Waals surface area (Å²) in [5.41, 5.74) is 1.81. The molecule has 0 aromatic heterocycles. The van der Waals surface area contributed by atoms with E-state index in [-0.39, 0.29) is 49.9 Å². The van der Waals surface area contributed by atoms with Crippen LogP contribution in [-0.2, 0) is 22.7 Å². The summed E-state index contributed by atoms with van der Waals surface area (Å²) < 4.78 is 42.1. The van der Waals surface area contributed by atoms with Crippen LogP contribution in [-0.4, -0.2) is 88.2 Å². The molecule has 3 amide bonds. The van der Waals surface area contributed by atoms with Crippen LogP contribution >= 0.6 is 11.8 Å². The van der Waals surface area contributed by atoms with Crippen molar-refractivity contribution in [1.82, 2.24) is 26.2 Å². The number of alkyl halides is 3. The van der Waals surface area contributed by atoms with Crippen LogP contribution in [0.2, 0.25) is 0 Å². The van der Waals surface area contributed by atoms with Gasteiger partial charge < -0.3 is 36.4 Å². The lowest BCUT2D eigenvalue weighted by molar-refractivity contribution is -0.130. The van der Waals surface area contributed by atoms with Crippen LogP contribution in [0, 0.1) is 0 Å². The number of fused-ring (bicyclic) bond motifs is 1. The zero-order chi connectivity index (χ0) is 35.1. The molecule has 3 atom stereocenters. The minimum Gasteiger partial charge on any atom is -0.395 e. The molecular weight excluding hydrogens is 647 g/mol. The zero-order valence-electron chi connectivity index (χ0n) is 27.1.